The van der Waals surface area contributed by atoms with Crippen molar-refractivity contribution in [2.24, 2.45) is 0 Å². The molecule has 0 unspecified atom stereocenters. The van der Waals surface area contributed by atoms with E-state index in [1.54, 1.807) is 24.3 Å². The van der Waals surface area contributed by atoms with Gasteiger partial charge in [0, 0.05) is 52.7 Å². The molecule has 2 aliphatic rings. The first-order chi connectivity index (χ1) is 19.5. The third-order valence-corrected chi connectivity index (χ3v) is 7.84. The van der Waals surface area contributed by atoms with Crippen LogP contribution in [0.2, 0.25) is 0 Å². The monoisotopic (exact) mass is 535 g/mol. The Morgan fingerprint density at radius 1 is 0.525 bits per heavy atom. The molecule has 8 nitrogen and oxygen atoms in total. The average molecular weight is 536 g/mol. The molecule has 4 amide bonds. The van der Waals surface area contributed by atoms with Crippen LogP contribution < -0.4 is 0 Å². The number of hydrogen-bond acceptors (Lipinski definition) is 6. The molecule has 0 radical (unpaired) electrons. The predicted molar refractivity (Wildman–Crippen MR) is 151 cm³/mol. The normalized spacial score (nSPS) is 14.8. The van der Waals surface area contributed by atoms with E-state index in [1.165, 1.54) is 9.80 Å². The van der Waals surface area contributed by atoms with Crippen LogP contribution in [0.4, 0.5) is 0 Å². The quantitative estimate of drug-likeness (QED) is 0.309. The lowest BCUT2D eigenvalue weighted by Gasteiger charge is -2.29. The summed E-state index contributed by atoms with van der Waals surface area (Å²) < 4.78 is 0. The molecular weight excluding hydrogens is 506 g/mol. The van der Waals surface area contributed by atoms with Crippen LogP contribution in [0.25, 0.3) is 21.5 Å². The topological polar surface area (TPSA) is 98.2 Å². The fourth-order valence-electron chi connectivity index (χ4n) is 5.95. The van der Waals surface area contributed by atoms with Crippen LogP contribution >= 0.6 is 0 Å². The van der Waals surface area contributed by atoms with Gasteiger partial charge in [0.15, 0.2) is 0 Å². The molecule has 6 rings (SSSR count). The number of hydrogen-bond donors (Lipinski definition) is 1. The molecule has 1 N–H and O–H groups in total. The van der Waals surface area contributed by atoms with E-state index in [-0.39, 0.29) is 43.3 Å². The molecule has 0 spiro atoms. The van der Waals surface area contributed by atoms with Gasteiger partial charge in [0.2, 0.25) is 0 Å². The molecule has 0 saturated heterocycles. The van der Waals surface area contributed by atoms with Gasteiger partial charge in [0.1, 0.15) is 0 Å². The van der Waals surface area contributed by atoms with E-state index in [1.807, 2.05) is 53.4 Å². The number of aliphatic hydroxyl groups is 1. The SMILES string of the molecule is O=C1c2cccc3cccc(c23)C(=O)N1CCCN(CCO)CCCN1C(=O)c2cccc3cccc(c23)C1=O. The summed E-state index contributed by atoms with van der Waals surface area (Å²) >= 11 is 0. The van der Waals surface area contributed by atoms with E-state index in [4.69, 9.17) is 0 Å². The first-order valence-electron chi connectivity index (χ1n) is 13.6. The summed E-state index contributed by atoms with van der Waals surface area (Å²) in [7, 11) is 0. The van der Waals surface area contributed by atoms with Gasteiger partial charge in [0.25, 0.3) is 23.6 Å². The fraction of sp³-hybridized carbons (Fsp3) is 0.250. The zero-order chi connectivity index (χ0) is 27.8. The molecule has 40 heavy (non-hydrogen) atoms. The maximum absolute atomic E-state index is 13.2. The number of amides is 4. The molecular formula is C32H29N3O5. The Balaban J connectivity index is 1.08. The molecule has 0 saturated carbocycles. The lowest BCUT2D eigenvalue weighted by Crippen LogP contribution is -2.43. The molecule has 8 heteroatoms. The third-order valence-electron chi connectivity index (χ3n) is 7.84. The van der Waals surface area contributed by atoms with Gasteiger partial charge in [-0.05, 0) is 61.0 Å². The number of rotatable bonds is 10. The van der Waals surface area contributed by atoms with Crippen molar-refractivity contribution in [3.05, 3.63) is 95.1 Å². The van der Waals surface area contributed by atoms with Crippen molar-refractivity contribution in [3.8, 4) is 0 Å². The number of aliphatic hydroxyl groups excluding tert-OH is 1. The van der Waals surface area contributed by atoms with Crippen LogP contribution in [-0.4, -0.2) is 82.8 Å². The Morgan fingerprint density at radius 3 is 1.20 bits per heavy atom. The number of carbonyl (C=O) groups is 4. The van der Waals surface area contributed by atoms with Crippen LogP contribution in [0.1, 0.15) is 54.3 Å². The second-order valence-electron chi connectivity index (χ2n) is 10.2. The maximum Gasteiger partial charge on any atom is 0.261 e. The smallest absolute Gasteiger partial charge is 0.261 e. The Labute approximate surface area is 231 Å². The summed E-state index contributed by atoms with van der Waals surface area (Å²) in [4.78, 5) is 57.3. The number of imide groups is 2. The molecule has 0 atom stereocenters. The number of nitrogens with zero attached hydrogens (tertiary/aromatic N) is 3. The Morgan fingerprint density at radius 2 is 0.875 bits per heavy atom. The van der Waals surface area contributed by atoms with Gasteiger partial charge >= 0.3 is 0 Å². The zero-order valence-electron chi connectivity index (χ0n) is 22.0. The number of carbonyl (C=O) groups excluding carboxylic acids is 4. The fourth-order valence-corrected chi connectivity index (χ4v) is 5.95. The van der Waals surface area contributed by atoms with Gasteiger partial charge in [-0.2, -0.15) is 0 Å². The second kappa shape index (κ2) is 10.6. The van der Waals surface area contributed by atoms with Gasteiger partial charge in [-0.15, -0.1) is 0 Å². The molecule has 0 aliphatic carbocycles. The van der Waals surface area contributed by atoms with E-state index >= 15 is 0 Å². The predicted octanol–water partition coefficient (Wildman–Crippen LogP) is 3.96. The minimum Gasteiger partial charge on any atom is -0.395 e. The summed E-state index contributed by atoms with van der Waals surface area (Å²) in [6.07, 6.45) is 1.07. The van der Waals surface area contributed by atoms with Gasteiger partial charge in [0.05, 0.1) is 6.61 Å². The molecule has 0 bridgehead atoms. The van der Waals surface area contributed by atoms with Crippen molar-refractivity contribution >= 4 is 45.2 Å². The van der Waals surface area contributed by atoms with Crippen molar-refractivity contribution in [3.63, 3.8) is 0 Å². The Kier molecular flexibility index (Phi) is 6.88. The van der Waals surface area contributed by atoms with Crippen LogP contribution in [0.5, 0.6) is 0 Å². The third kappa shape index (κ3) is 4.35. The highest BCUT2D eigenvalue weighted by molar-refractivity contribution is 6.26. The van der Waals surface area contributed by atoms with Gasteiger partial charge in [-0.1, -0.05) is 48.5 Å². The van der Waals surface area contributed by atoms with Crippen LogP contribution in [0.3, 0.4) is 0 Å². The largest absolute Gasteiger partial charge is 0.395 e. The minimum absolute atomic E-state index is 0.0477. The molecule has 4 aromatic carbocycles. The first-order valence-corrected chi connectivity index (χ1v) is 13.6. The van der Waals surface area contributed by atoms with Gasteiger partial charge in [-0.25, -0.2) is 0 Å². The van der Waals surface area contributed by atoms with Crippen LogP contribution in [0.15, 0.2) is 72.8 Å². The van der Waals surface area contributed by atoms with Crippen LogP contribution in [-0.2, 0) is 0 Å². The molecule has 2 aliphatic heterocycles. The van der Waals surface area contributed by atoms with E-state index in [9.17, 15) is 24.3 Å². The first kappa shape index (κ1) is 25.9. The van der Waals surface area contributed by atoms with Gasteiger partial charge in [-0.3, -0.25) is 29.0 Å². The van der Waals surface area contributed by atoms with Crippen molar-refractivity contribution in [1.29, 1.82) is 0 Å². The lowest BCUT2D eigenvalue weighted by molar-refractivity contribution is 0.0596. The van der Waals surface area contributed by atoms with Crippen molar-refractivity contribution in [2.75, 3.05) is 39.3 Å². The molecule has 202 valence electrons. The zero-order valence-corrected chi connectivity index (χ0v) is 22.0. The summed E-state index contributed by atoms with van der Waals surface area (Å²) in [6.45, 7) is 1.98. The summed E-state index contributed by atoms with van der Waals surface area (Å²) in [5.74, 6) is -1.17. The van der Waals surface area contributed by atoms with E-state index in [0.29, 0.717) is 65.5 Å². The summed E-state index contributed by atoms with van der Waals surface area (Å²) in [5, 5.41) is 12.8. The lowest BCUT2D eigenvalue weighted by atomic mass is 9.94. The highest BCUT2D eigenvalue weighted by Gasteiger charge is 2.33. The van der Waals surface area contributed by atoms with Crippen LogP contribution in [0, 0.1) is 0 Å². The van der Waals surface area contributed by atoms with E-state index < -0.39 is 0 Å². The van der Waals surface area contributed by atoms with Crippen molar-refractivity contribution < 1.29 is 24.3 Å². The maximum atomic E-state index is 13.2. The van der Waals surface area contributed by atoms with Gasteiger partial charge < -0.3 is 10.0 Å². The van der Waals surface area contributed by atoms with E-state index in [0.717, 1.165) is 10.8 Å². The Bertz CT molecular complexity index is 1460. The highest BCUT2D eigenvalue weighted by Crippen LogP contribution is 2.31. The standard InChI is InChI=1S/C32H29N3O5/c36-20-19-33(15-5-17-34-29(37)23-11-1-7-21-8-2-12-24(27(21)23)30(34)38)16-6-18-35-31(39)25-13-3-9-22-10-4-14-26(28(22)25)32(35)40/h1-4,7-14,36H,5-6,15-20H2. The Hall–Kier alpha value is -4.40. The molecule has 2 heterocycles. The summed E-state index contributed by atoms with van der Waals surface area (Å²) in [5.41, 5.74) is 2.14. The molecule has 4 aromatic rings. The summed E-state index contributed by atoms with van der Waals surface area (Å²) in [6, 6.07) is 21.9. The molecule has 0 fully saturated rings. The van der Waals surface area contributed by atoms with Crippen molar-refractivity contribution in [1.82, 2.24) is 14.7 Å². The molecule has 0 aromatic heterocycles. The minimum atomic E-state index is -0.291. The second-order valence-corrected chi connectivity index (χ2v) is 10.2. The highest BCUT2D eigenvalue weighted by atomic mass is 16.3. The average Bonchev–Trinajstić information content (AvgIpc) is 2.97. The van der Waals surface area contributed by atoms with E-state index in [2.05, 4.69) is 0 Å². The number of benzene rings is 4. The van der Waals surface area contributed by atoms with Crippen molar-refractivity contribution in [2.45, 2.75) is 12.8 Å².